The Kier molecular flexibility index (Phi) is 11.9. The highest BCUT2D eigenvalue weighted by atomic mass is 15.2. The minimum absolute atomic E-state index is 0.473. The highest BCUT2D eigenvalue weighted by Gasteiger charge is 2.36. The van der Waals surface area contributed by atoms with Crippen LogP contribution in [-0.4, -0.2) is 54.9 Å². The van der Waals surface area contributed by atoms with Crippen LogP contribution in [0.2, 0.25) is 0 Å². The SMILES string of the molecule is Cc1cc(C)c(B(c2nc(-c3ccccc3)nc(-n3c4ccccc4c4cc5c6ccccc6n(-c6ccc7ccccc7c6)c5cc43)n2)c2nc(-c3ccccc3)nc(-n3c4ccccc4c4cc5c6ccccc6n(-c6ccc7ccccc7c6)c5cc43)n2)c(C)c1. The van der Waals surface area contributed by atoms with Crippen molar-refractivity contribution < 1.29 is 0 Å². The lowest BCUT2D eigenvalue weighted by Gasteiger charge is -2.20. The Hall–Kier alpha value is -12.3. The third kappa shape index (κ3) is 8.30. The van der Waals surface area contributed by atoms with E-state index >= 15 is 0 Å². The van der Waals surface area contributed by atoms with Crippen LogP contribution in [-0.2, 0) is 0 Å². The molecule has 0 unspecified atom stereocenters. The van der Waals surface area contributed by atoms with Crippen LogP contribution in [0.5, 0.6) is 0 Å². The maximum atomic E-state index is 5.83. The van der Waals surface area contributed by atoms with Crippen molar-refractivity contribution in [3.8, 4) is 46.0 Å². The van der Waals surface area contributed by atoms with Crippen LogP contribution in [0.25, 0.3) is 155 Å². The number of aryl methyl sites for hydroxylation is 3. The molecule has 0 bridgehead atoms. The summed E-state index contributed by atoms with van der Waals surface area (Å²) in [5.74, 6) is 1.99. The van der Waals surface area contributed by atoms with Gasteiger partial charge in [0.05, 0.1) is 44.1 Å². The molecule has 6 aromatic heterocycles. The molecule has 19 rings (SSSR count). The molecule has 0 saturated heterocycles. The number of benzene rings is 13. The van der Waals surface area contributed by atoms with Gasteiger partial charge in [-0.3, -0.25) is 9.13 Å². The second kappa shape index (κ2) is 20.9. The molecule has 94 heavy (non-hydrogen) atoms. The molecule has 0 atom stereocenters. The van der Waals surface area contributed by atoms with E-state index in [-0.39, 0.29) is 0 Å². The summed E-state index contributed by atoms with van der Waals surface area (Å²) in [4.78, 5) is 34.1. The van der Waals surface area contributed by atoms with Gasteiger partial charge in [0.15, 0.2) is 11.6 Å². The average Bonchev–Trinajstić information content (AvgIpc) is 1.56. The Labute approximate surface area is 540 Å². The standard InChI is InChI=1S/C83H55BN10/c1-50-42-51(2)77(52(3)43-50)84(80-85-78(55-24-6-4-7-25-55)87-82(89-80)93-71-36-20-16-32-63(71)67-46-65-61-30-14-18-34-69(61)91(73(65)48-75(67)93)59-40-38-53-22-10-12-28-57(53)44-59)81-86-79(56-26-8-5-9-27-56)88-83(90-81)94-72-37-21-17-33-64(72)68-47-66-62-31-15-19-35-70(62)92(74(66)49-76(68)94)60-41-39-54-23-11-13-29-58(54)45-60/h4-49H,1-3H3. The van der Waals surface area contributed by atoms with Gasteiger partial charge in [-0.25, -0.2) is 19.9 Å². The maximum Gasteiger partial charge on any atom is 0.338 e. The van der Waals surface area contributed by atoms with E-state index in [1.807, 2.05) is 36.4 Å². The van der Waals surface area contributed by atoms with E-state index in [2.05, 4.69) is 282 Å². The van der Waals surface area contributed by atoms with Gasteiger partial charge in [0.1, 0.15) is 11.4 Å². The summed E-state index contributed by atoms with van der Waals surface area (Å²) >= 11 is 0. The molecule has 6 heterocycles. The number of rotatable bonds is 9. The van der Waals surface area contributed by atoms with Crippen LogP contribution in [0.15, 0.2) is 279 Å². The Balaban J connectivity index is 0.892. The molecule has 0 saturated carbocycles. The number of para-hydroxylation sites is 4. The normalized spacial score (nSPS) is 12.0. The number of aromatic nitrogens is 10. The first-order valence-electron chi connectivity index (χ1n) is 32.0. The number of hydrogen-bond acceptors (Lipinski definition) is 6. The van der Waals surface area contributed by atoms with Crippen molar-refractivity contribution in [2.45, 2.75) is 20.8 Å². The molecular formula is C83H55BN10. The van der Waals surface area contributed by atoms with Gasteiger partial charge < -0.3 is 9.13 Å². The summed E-state index contributed by atoms with van der Waals surface area (Å²) < 4.78 is 9.28. The largest absolute Gasteiger partial charge is 0.338 e. The van der Waals surface area contributed by atoms with Gasteiger partial charge in [-0.05, 0) is 115 Å². The Morgan fingerprint density at radius 3 is 1.00 bits per heavy atom. The molecule has 10 nitrogen and oxygen atoms in total. The second-order valence-electron chi connectivity index (χ2n) is 24.9. The first-order valence-corrected chi connectivity index (χ1v) is 32.0. The second-order valence-corrected chi connectivity index (χ2v) is 24.9. The van der Waals surface area contributed by atoms with Crippen molar-refractivity contribution in [2.75, 3.05) is 0 Å². The summed E-state index contributed by atoms with van der Waals surface area (Å²) in [7, 11) is 0. The van der Waals surface area contributed by atoms with E-state index < -0.39 is 6.71 Å². The number of hydrogen-bond donors (Lipinski definition) is 0. The lowest BCUT2D eigenvalue weighted by atomic mass is 9.41. The predicted molar refractivity (Wildman–Crippen MR) is 388 cm³/mol. The molecule has 0 aliphatic heterocycles. The molecule has 0 amide bonds. The summed E-state index contributed by atoms with van der Waals surface area (Å²) in [6, 6.07) is 99.7. The average molecular weight is 1200 g/mol. The first kappa shape index (κ1) is 53.5. The zero-order valence-electron chi connectivity index (χ0n) is 51.6. The lowest BCUT2D eigenvalue weighted by Crippen LogP contribution is -2.59. The fourth-order valence-electron chi connectivity index (χ4n) is 15.2. The van der Waals surface area contributed by atoms with E-state index in [0.29, 0.717) is 35.0 Å². The van der Waals surface area contributed by atoms with E-state index in [0.717, 1.165) is 121 Å². The smallest absolute Gasteiger partial charge is 0.309 e. The van der Waals surface area contributed by atoms with Crippen LogP contribution >= 0.6 is 0 Å². The Morgan fingerprint density at radius 1 is 0.255 bits per heavy atom. The fourth-order valence-corrected chi connectivity index (χ4v) is 15.2. The van der Waals surface area contributed by atoms with Crippen molar-refractivity contribution in [1.29, 1.82) is 0 Å². The van der Waals surface area contributed by atoms with Crippen LogP contribution in [0.4, 0.5) is 0 Å². The van der Waals surface area contributed by atoms with Gasteiger partial charge in [0, 0.05) is 65.6 Å². The van der Waals surface area contributed by atoms with Gasteiger partial charge >= 0.3 is 6.71 Å². The summed E-state index contributed by atoms with van der Waals surface area (Å²) in [6.45, 7) is 5.78. The molecule has 11 heteroatoms. The first-order chi connectivity index (χ1) is 46.3. The molecule has 0 aliphatic rings. The molecule has 0 radical (unpaired) electrons. The Morgan fingerprint density at radius 2 is 0.596 bits per heavy atom. The van der Waals surface area contributed by atoms with Crippen LogP contribution in [0.3, 0.4) is 0 Å². The van der Waals surface area contributed by atoms with Crippen LogP contribution < -0.4 is 16.9 Å². The number of nitrogens with zero attached hydrogens (tertiary/aromatic N) is 10. The van der Waals surface area contributed by atoms with Crippen LogP contribution in [0.1, 0.15) is 16.7 Å². The number of fused-ring (bicyclic) bond motifs is 14. The quantitative estimate of drug-likeness (QED) is 0.134. The van der Waals surface area contributed by atoms with Crippen molar-refractivity contribution in [3.63, 3.8) is 0 Å². The predicted octanol–water partition coefficient (Wildman–Crippen LogP) is 17.5. The third-order valence-corrected chi connectivity index (χ3v) is 19.2. The minimum atomic E-state index is -0.737. The molecule has 0 N–H and O–H groups in total. The van der Waals surface area contributed by atoms with Gasteiger partial charge in [0.2, 0.25) is 11.9 Å². The molecule has 0 aliphatic carbocycles. The molecule has 0 fully saturated rings. The van der Waals surface area contributed by atoms with Crippen molar-refractivity contribution >= 4 is 132 Å². The lowest BCUT2D eigenvalue weighted by molar-refractivity contribution is 0.959. The monoisotopic (exact) mass is 1200 g/mol. The highest BCUT2D eigenvalue weighted by molar-refractivity contribution is 6.94. The molecule has 0 spiro atoms. The van der Waals surface area contributed by atoms with Gasteiger partial charge in [-0.2, -0.15) is 9.97 Å². The minimum Gasteiger partial charge on any atom is -0.309 e. The summed E-state index contributed by atoms with van der Waals surface area (Å²) in [5, 5.41) is 13.8. The summed E-state index contributed by atoms with van der Waals surface area (Å²) in [6.07, 6.45) is 0. The Bertz CT molecular complexity index is 5980. The molecule has 440 valence electrons. The van der Waals surface area contributed by atoms with Crippen LogP contribution in [0, 0.1) is 20.8 Å². The third-order valence-electron chi connectivity index (χ3n) is 19.2. The van der Waals surface area contributed by atoms with E-state index in [1.165, 1.54) is 32.3 Å². The molecule has 19 aromatic rings. The topological polar surface area (TPSA) is 97.1 Å². The van der Waals surface area contributed by atoms with Crippen molar-refractivity contribution in [2.24, 2.45) is 0 Å². The highest BCUT2D eigenvalue weighted by Crippen LogP contribution is 2.42. The molecule has 13 aromatic carbocycles. The van der Waals surface area contributed by atoms with E-state index in [9.17, 15) is 0 Å². The van der Waals surface area contributed by atoms with E-state index in [4.69, 9.17) is 29.9 Å². The zero-order chi connectivity index (χ0) is 62.3. The van der Waals surface area contributed by atoms with Gasteiger partial charge in [-0.15, -0.1) is 0 Å². The van der Waals surface area contributed by atoms with Crippen molar-refractivity contribution in [1.82, 2.24) is 48.2 Å². The van der Waals surface area contributed by atoms with E-state index in [1.54, 1.807) is 0 Å². The van der Waals surface area contributed by atoms with Gasteiger partial charge in [0.25, 0.3) is 0 Å². The summed E-state index contributed by atoms with van der Waals surface area (Å²) in [5.41, 5.74) is 17.4. The zero-order valence-corrected chi connectivity index (χ0v) is 51.6. The van der Waals surface area contributed by atoms with Crippen molar-refractivity contribution in [3.05, 3.63) is 296 Å². The van der Waals surface area contributed by atoms with Gasteiger partial charge in [-0.1, -0.05) is 228 Å². The molecular weight excluding hydrogens is 1150 g/mol. The maximum absolute atomic E-state index is 5.83. The fraction of sp³-hybridized carbons (Fsp3) is 0.0361.